The van der Waals surface area contributed by atoms with Crippen molar-refractivity contribution in [1.82, 2.24) is 9.97 Å². The van der Waals surface area contributed by atoms with Gasteiger partial charge in [-0.2, -0.15) is 0 Å². The second-order valence-corrected chi connectivity index (χ2v) is 10.3. The Hall–Kier alpha value is -4.44. The van der Waals surface area contributed by atoms with Gasteiger partial charge in [-0.05, 0) is 70.8 Å². The molecule has 6 aromatic rings. The molecule has 2 N–H and O–H groups in total. The summed E-state index contributed by atoms with van der Waals surface area (Å²) < 4.78 is 0. The zero-order valence-corrected chi connectivity index (χ0v) is 21.3. The number of pyridine rings is 2. The van der Waals surface area contributed by atoms with Gasteiger partial charge in [-0.25, -0.2) is 9.97 Å². The normalized spacial score (nSPS) is 17.6. The van der Waals surface area contributed by atoms with Gasteiger partial charge in [0.2, 0.25) is 0 Å². The zero-order chi connectivity index (χ0) is 25.3. The first-order valence-corrected chi connectivity index (χ1v) is 13.6. The summed E-state index contributed by atoms with van der Waals surface area (Å²) in [5.74, 6) is 1.86. The summed E-state index contributed by atoms with van der Waals surface area (Å²) in [4.78, 5) is 10.0. The average Bonchev–Trinajstić information content (AvgIpc) is 2.97. The predicted octanol–water partition coefficient (Wildman–Crippen LogP) is 8.44. The van der Waals surface area contributed by atoms with Crippen LogP contribution in [0.3, 0.4) is 0 Å². The lowest BCUT2D eigenvalue weighted by Gasteiger charge is -2.33. The van der Waals surface area contributed by atoms with Gasteiger partial charge in [0.1, 0.15) is 11.6 Å². The van der Waals surface area contributed by atoms with Crippen LogP contribution in [-0.2, 0) is 0 Å². The van der Waals surface area contributed by atoms with Crippen LogP contribution in [0, 0.1) is 0 Å². The molecule has 1 aliphatic carbocycles. The van der Waals surface area contributed by atoms with Gasteiger partial charge in [0, 0.05) is 23.0 Å². The van der Waals surface area contributed by atoms with E-state index in [1.54, 1.807) is 0 Å². The van der Waals surface area contributed by atoms with E-state index in [-0.39, 0.29) is 6.04 Å². The van der Waals surface area contributed by atoms with Gasteiger partial charge in [-0.15, -0.1) is 0 Å². The molecule has 2 aromatic heterocycles. The van der Waals surface area contributed by atoms with Crippen molar-refractivity contribution < 1.29 is 0 Å². The van der Waals surface area contributed by atoms with Crippen LogP contribution >= 0.6 is 0 Å². The summed E-state index contributed by atoms with van der Waals surface area (Å²) in [7, 11) is 0. The predicted molar refractivity (Wildman–Crippen MR) is 160 cm³/mol. The van der Waals surface area contributed by atoms with Crippen molar-refractivity contribution in [3.05, 3.63) is 109 Å². The first-order valence-electron chi connectivity index (χ1n) is 13.6. The molecule has 2 heterocycles. The molecule has 1 unspecified atom stereocenters. The second kappa shape index (κ2) is 9.79. The van der Waals surface area contributed by atoms with Crippen LogP contribution in [0.1, 0.15) is 25.7 Å². The molecule has 0 aliphatic heterocycles. The number of anilines is 2. The number of fused-ring (bicyclic) bond motifs is 3. The number of hydrogen-bond donors (Lipinski definition) is 2. The molecule has 186 valence electrons. The Morgan fingerprint density at radius 1 is 0.526 bits per heavy atom. The molecule has 4 aromatic carbocycles. The Morgan fingerprint density at radius 3 is 1.84 bits per heavy atom. The molecular weight excluding hydrogens is 464 g/mol. The minimum absolute atomic E-state index is 0.282. The van der Waals surface area contributed by atoms with Crippen molar-refractivity contribution in [2.45, 2.75) is 37.8 Å². The first kappa shape index (κ1) is 22.7. The number of hydrogen-bond acceptors (Lipinski definition) is 4. The molecule has 0 bridgehead atoms. The summed E-state index contributed by atoms with van der Waals surface area (Å²) in [6.45, 7) is 0. The minimum atomic E-state index is 0.282. The van der Waals surface area contributed by atoms with E-state index in [9.17, 15) is 0 Å². The monoisotopic (exact) mass is 494 g/mol. The van der Waals surface area contributed by atoms with Crippen LogP contribution in [0.25, 0.3) is 43.7 Å². The lowest BCUT2D eigenvalue weighted by Crippen LogP contribution is -2.42. The molecule has 4 nitrogen and oxygen atoms in total. The van der Waals surface area contributed by atoms with Gasteiger partial charge in [-0.1, -0.05) is 85.6 Å². The maximum atomic E-state index is 5.17. The smallest absolute Gasteiger partial charge is 0.126 e. The number of nitrogens with zero attached hydrogens (tertiary/aromatic N) is 2. The van der Waals surface area contributed by atoms with Crippen molar-refractivity contribution >= 4 is 44.1 Å². The number of aromatic nitrogens is 2. The highest BCUT2D eigenvalue weighted by molar-refractivity contribution is 6.12. The largest absolute Gasteiger partial charge is 0.365 e. The van der Waals surface area contributed by atoms with Gasteiger partial charge in [0.15, 0.2) is 0 Å². The molecular formula is C34H30N4. The van der Waals surface area contributed by atoms with Crippen LogP contribution in [0.4, 0.5) is 11.6 Å². The topological polar surface area (TPSA) is 49.8 Å². The number of rotatable bonds is 5. The first-order chi connectivity index (χ1) is 18.8. The van der Waals surface area contributed by atoms with Gasteiger partial charge in [0.05, 0.1) is 11.2 Å². The standard InChI is InChI=1S/C34H30N4/c1-4-13-26-24(11-1)22-25-12-2-5-14-27(25)34(26)31-18-9-19-32(38-31)36-29-16-7-8-17-30(29)37-33-21-20-23-10-3-6-15-28(23)35-33/h1-6,9-15,18-22,29-30H,7-8,16-17H2,(H,35,37)(H,36,38)/t29-,30?/m1/s1. The van der Waals surface area contributed by atoms with Gasteiger partial charge >= 0.3 is 0 Å². The fourth-order valence-electron chi connectivity index (χ4n) is 5.95. The van der Waals surface area contributed by atoms with Gasteiger partial charge in [0.25, 0.3) is 0 Å². The van der Waals surface area contributed by atoms with Gasteiger partial charge < -0.3 is 10.6 Å². The quantitative estimate of drug-likeness (QED) is 0.236. The molecule has 4 heteroatoms. The van der Waals surface area contributed by atoms with Crippen LogP contribution in [0.5, 0.6) is 0 Å². The summed E-state index contributed by atoms with van der Waals surface area (Å²) in [6.07, 6.45) is 4.65. The fraction of sp³-hybridized carbons (Fsp3) is 0.176. The third-order valence-electron chi connectivity index (χ3n) is 7.81. The van der Waals surface area contributed by atoms with Crippen molar-refractivity contribution in [3.63, 3.8) is 0 Å². The highest BCUT2D eigenvalue weighted by Crippen LogP contribution is 2.36. The van der Waals surface area contributed by atoms with Crippen molar-refractivity contribution in [3.8, 4) is 11.3 Å². The zero-order valence-electron chi connectivity index (χ0n) is 21.3. The van der Waals surface area contributed by atoms with E-state index in [0.717, 1.165) is 35.7 Å². The summed E-state index contributed by atoms with van der Waals surface area (Å²) in [5.41, 5.74) is 3.22. The van der Waals surface area contributed by atoms with E-state index in [0.29, 0.717) is 6.04 Å². The fourth-order valence-corrected chi connectivity index (χ4v) is 5.95. The number of para-hydroxylation sites is 1. The summed E-state index contributed by atoms with van der Waals surface area (Å²) in [6, 6.07) is 38.9. The highest BCUT2D eigenvalue weighted by Gasteiger charge is 2.26. The molecule has 2 atom stereocenters. The van der Waals surface area contributed by atoms with Crippen molar-refractivity contribution in [1.29, 1.82) is 0 Å². The summed E-state index contributed by atoms with van der Waals surface area (Å²) >= 11 is 0. The van der Waals surface area contributed by atoms with Crippen molar-refractivity contribution in [2.24, 2.45) is 0 Å². The van der Waals surface area contributed by atoms with E-state index in [1.807, 2.05) is 6.07 Å². The van der Waals surface area contributed by atoms with E-state index >= 15 is 0 Å². The third kappa shape index (κ3) is 4.32. The molecule has 7 rings (SSSR count). The number of benzene rings is 4. The second-order valence-electron chi connectivity index (χ2n) is 10.3. The van der Waals surface area contributed by atoms with E-state index < -0.39 is 0 Å². The van der Waals surface area contributed by atoms with Crippen LogP contribution in [-0.4, -0.2) is 22.1 Å². The molecule has 1 aliphatic rings. The molecule has 0 spiro atoms. The van der Waals surface area contributed by atoms with Crippen LogP contribution in [0.15, 0.2) is 109 Å². The van der Waals surface area contributed by atoms with E-state index in [1.165, 1.54) is 45.3 Å². The SMILES string of the molecule is c1cc(N[C@@H]2CCCCC2Nc2ccc3ccccc3n2)nc(-c2c3ccccc3cc3ccccc23)c1. The van der Waals surface area contributed by atoms with Crippen LogP contribution < -0.4 is 10.6 Å². The Balaban J connectivity index is 1.21. The Bertz CT molecular complexity index is 1710. The summed E-state index contributed by atoms with van der Waals surface area (Å²) in [5, 5.41) is 13.6. The highest BCUT2D eigenvalue weighted by atomic mass is 15.1. The number of nitrogens with one attached hydrogen (secondary N) is 2. The third-order valence-corrected chi connectivity index (χ3v) is 7.81. The maximum Gasteiger partial charge on any atom is 0.126 e. The minimum Gasteiger partial charge on any atom is -0.365 e. The van der Waals surface area contributed by atoms with Crippen LogP contribution in [0.2, 0.25) is 0 Å². The van der Waals surface area contributed by atoms with Crippen molar-refractivity contribution in [2.75, 3.05) is 10.6 Å². The molecule has 1 saturated carbocycles. The lowest BCUT2D eigenvalue weighted by molar-refractivity contribution is 0.422. The van der Waals surface area contributed by atoms with Gasteiger partial charge in [-0.3, -0.25) is 0 Å². The molecule has 38 heavy (non-hydrogen) atoms. The van der Waals surface area contributed by atoms with E-state index in [2.05, 4.69) is 114 Å². The molecule has 0 radical (unpaired) electrons. The Morgan fingerprint density at radius 2 is 1.13 bits per heavy atom. The molecule has 0 saturated heterocycles. The Kier molecular flexibility index (Phi) is 5.86. The average molecular weight is 495 g/mol. The lowest BCUT2D eigenvalue weighted by atomic mass is 9.90. The molecule has 0 amide bonds. The molecule has 1 fully saturated rings. The van der Waals surface area contributed by atoms with E-state index in [4.69, 9.17) is 9.97 Å². The maximum absolute atomic E-state index is 5.17. The Labute approximate surface area is 222 Å².